The Bertz CT molecular complexity index is 3130. The highest BCUT2D eigenvalue weighted by Gasteiger charge is 2.41. The summed E-state index contributed by atoms with van der Waals surface area (Å²) in [6, 6.07) is 68.0. The first-order chi connectivity index (χ1) is 28.0. The molecule has 0 spiro atoms. The van der Waals surface area contributed by atoms with Gasteiger partial charge in [0.1, 0.15) is 0 Å². The summed E-state index contributed by atoms with van der Waals surface area (Å²) in [5.74, 6) is 0. The maximum absolute atomic E-state index is 9.94. The summed E-state index contributed by atoms with van der Waals surface area (Å²) in [4.78, 5) is 4.53. The molecule has 57 heavy (non-hydrogen) atoms. The molecule has 1 aliphatic rings. The van der Waals surface area contributed by atoms with E-state index in [-0.39, 0.29) is 5.41 Å². The normalized spacial score (nSPS) is 12.5. The molecule has 0 aromatic heterocycles. The maximum Gasteiger partial charge on any atom is 0.0992 e. The largest absolute Gasteiger partial charge is 0.310 e. The van der Waals surface area contributed by atoms with E-state index in [2.05, 4.69) is 169 Å². The second-order valence-corrected chi connectivity index (χ2v) is 15.2. The second-order valence-electron chi connectivity index (χ2n) is 15.2. The van der Waals surface area contributed by atoms with Crippen molar-refractivity contribution in [3.63, 3.8) is 0 Å². The Balaban J connectivity index is 1.27. The molecule has 0 unspecified atom stereocenters. The lowest BCUT2D eigenvalue weighted by Gasteiger charge is -2.30. The lowest BCUT2D eigenvalue weighted by Crippen LogP contribution is -2.17. The Hall–Kier alpha value is -7.66. The highest BCUT2D eigenvalue weighted by Crippen LogP contribution is 2.59. The van der Waals surface area contributed by atoms with Crippen LogP contribution >= 0.6 is 0 Å². The van der Waals surface area contributed by atoms with Gasteiger partial charge in [0.2, 0.25) is 0 Å². The van der Waals surface area contributed by atoms with Crippen molar-refractivity contribution >= 4 is 66.4 Å². The molecule has 0 radical (unpaired) electrons. The Morgan fingerprint density at radius 3 is 1.51 bits per heavy atom. The van der Waals surface area contributed by atoms with Crippen LogP contribution < -0.4 is 9.80 Å². The van der Waals surface area contributed by atoms with Gasteiger partial charge in [-0.05, 0) is 128 Å². The molecule has 9 aromatic rings. The number of para-hydroxylation sites is 2. The number of benzene rings is 9. The fourth-order valence-corrected chi connectivity index (χ4v) is 9.24. The summed E-state index contributed by atoms with van der Waals surface area (Å²) in [5.41, 5.74) is 12.0. The molecule has 4 heteroatoms. The second kappa shape index (κ2) is 13.3. The standard InChI is InChI=1S/C53H36N4/c1-53(2)51-45-26-12-10-24-43(45)49(57(38-19-7-4-8-20-38)40-22-14-16-36(30-40)34-55)32-48(51)50-44-25-11-9-23-42(44)47-31-41(27-28-46(47)52(50)53)56(37-17-5-3-6-18-37)39-21-13-15-35(29-39)33-54/h3-32H,1-2H3. The van der Waals surface area contributed by atoms with Gasteiger partial charge in [0.25, 0.3) is 0 Å². The Kier molecular flexibility index (Phi) is 7.89. The van der Waals surface area contributed by atoms with Crippen LogP contribution in [0, 0.1) is 22.7 Å². The van der Waals surface area contributed by atoms with Crippen LogP contribution in [0.1, 0.15) is 36.1 Å². The maximum atomic E-state index is 9.94. The Labute approximate surface area is 332 Å². The summed E-state index contributed by atoms with van der Waals surface area (Å²) in [5, 5.41) is 26.9. The van der Waals surface area contributed by atoms with Gasteiger partial charge in [-0.1, -0.05) is 117 Å². The molecule has 1 aliphatic carbocycles. The summed E-state index contributed by atoms with van der Waals surface area (Å²) in [6.07, 6.45) is 0. The topological polar surface area (TPSA) is 54.1 Å². The molecular formula is C53H36N4. The molecule has 4 nitrogen and oxygen atoms in total. The molecule has 0 saturated heterocycles. The molecule has 0 aliphatic heterocycles. The van der Waals surface area contributed by atoms with E-state index in [1.54, 1.807) is 0 Å². The van der Waals surface area contributed by atoms with Crippen molar-refractivity contribution in [2.24, 2.45) is 0 Å². The number of anilines is 6. The molecular weight excluding hydrogens is 693 g/mol. The number of hydrogen-bond acceptors (Lipinski definition) is 4. The van der Waals surface area contributed by atoms with Crippen LogP contribution in [-0.4, -0.2) is 0 Å². The van der Waals surface area contributed by atoms with Gasteiger partial charge < -0.3 is 9.80 Å². The molecule has 0 amide bonds. The van der Waals surface area contributed by atoms with Crippen LogP contribution in [0.15, 0.2) is 182 Å². The molecule has 9 aromatic carbocycles. The van der Waals surface area contributed by atoms with E-state index in [1.165, 1.54) is 49.2 Å². The van der Waals surface area contributed by atoms with Gasteiger partial charge in [-0.15, -0.1) is 0 Å². The first kappa shape index (κ1) is 33.9. The molecule has 0 atom stereocenters. The zero-order valence-corrected chi connectivity index (χ0v) is 31.6. The van der Waals surface area contributed by atoms with Crippen LogP contribution in [0.5, 0.6) is 0 Å². The minimum absolute atomic E-state index is 0.342. The van der Waals surface area contributed by atoms with Gasteiger partial charge in [0.15, 0.2) is 0 Å². The first-order valence-corrected chi connectivity index (χ1v) is 19.2. The molecule has 0 heterocycles. The average molecular weight is 729 g/mol. The Morgan fingerprint density at radius 1 is 0.386 bits per heavy atom. The van der Waals surface area contributed by atoms with Crippen LogP contribution in [0.4, 0.5) is 34.1 Å². The van der Waals surface area contributed by atoms with E-state index in [1.807, 2.05) is 48.5 Å². The predicted octanol–water partition coefficient (Wildman–Crippen LogP) is 14.1. The number of hydrogen-bond donors (Lipinski definition) is 0. The van der Waals surface area contributed by atoms with Crippen molar-refractivity contribution in [1.29, 1.82) is 10.5 Å². The van der Waals surface area contributed by atoms with E-state index >= 15 is 0 Å². The molecule has 0 fully saturated rings. The van der Waals surface area contributed by atoms with Crippen LogP contribution in [0.3, 0.4) is 0 Å². The van der Waals surface area contributed by atoms with Gasteiger partial charge >= 0.3 is 0 Å². The molecule has 268 valence electrons. The van der Waals surface area contributed by atoms with E-state index in [0.717, 1.165) is 39.5 Å². The van der Waals surface area contributed by atoms with Crippen molar-refractivity contribution in [1.82, 2.24) is 0 Å². The predicted molar refractivity (Wildman–Crippen MR) is 235 cm³/mol. The van der Waals surface area contributed by atoms with E-state index in [9.17, 15) is 10.5 Å². The van der Waals surface area contributed by atoms with Gasteiger partial charge in [-0.3, -0.25) is 0 Å². The van der Waals surface area contributed by atoms with Gasteiger partial charge in [-0.25, -0.2) is 0 Å². The Morgan fingerprint density at radius 2 is 0.877 bits per heavy atom. The van der Waals surface area contributed by atoms with Gasteiger partial charge in [-0.2, -0.15) is 10.5 Å². The highest BCUT2D eigenvalue weighted by molar-refractivity contribution is 6.21. The SMILES string of the molecule is CC1(C)c2c(cc(N(c3ccccc3)c3cccc(C#N)c3)c3ccccc23)-c2c1c1ccc(N(c3ccccc3)c3cccc(C#N)c3)cc1c1ccccc21. The van der Waals surface area contributed by atoms with Crippen LogP contribution in [-0.2, 0) is 5.41 Å². The zero-order chi connectivity index (χ0) is 38.7. The van der Waals surface area contributed by atoms with Crippen LogP contribution in [0.25, 0.3) is 43.4 Å². The number of nitrogens with zero attached hydrogens (tertiary/aromatic N) is 4. The van der Waals surface area contributed by atoms with Crippen molar-refractivity contribution in [3.05, 3.63) is 204 Å². The van der Waals surface area contributed by atoms with Gasteiger partial charge in [0.05, 0.1) is 29.0 Å². The number of fused-ring (bicyclic) bond motifs is 10. The average Bonchev–Trinajstić information content (AvgIpc) is 3.51. The third-order valence-corrected chi connectivity index (χ3v) is 11.5. The molecule has 0 bridgehead atoms. The lowest BCUT2D eigenvalue weighted by atomic mass is 9.77. The zero-order valence-electron chi connectivity index (χ0n) is 31.6. The highest BCUT2D eigenvalue weighted by atomic mass is 15.1. The minimum atomic E-state index is -0.342. The molecule has 0 N–H and O–H groups in total. The monoisotopic (exact) mass is 728 g/mol. The summed E-state index contributed by atoms with van der Waals surface area (Å²) >= 11 is 0. The van der Waals surface area contributed by atoms with Crippen molar-refractivity contribution in [2.45, 2.75) is 19.3 Å². The first-order valence-electron chi connectivity index (χ1n) is 19.2. The van der Waals surface area contributed by atoms with E-state index < -0.39 is 0 Å². The summed E-state index contributed by atoms with van der Waals surface area (Å²) in [7, 11) is 0. The summed E-state index contributed by atoms with van der Waals surface area (Å²) < 4.78 is 0. The smallest absolute Gasteiger partial charge is 0.0992 e. The quantitative estimate of drug-likeness (QED) is 0.160. The number of rotatable bonds is 6. The van der Waals surface area contributed by atoms with Crippen molar-refractivity contribution in [3.8, 4) is 23.3 Å². The fraction of sp³-hybridized carbons (Fsp3) is 0.0566. The third kappa shape index (κ3) is 5.35. The van der Waals surface area contributed by atoms with Crippen LogP contribution in [0.2, 0.25) is 0 Å². The number of nitriles is 2. The third-order valence-electron chi connectivity index (χ3n) is 11.5. The van der Waals surface area contributed by atoms with E-state index in [4.69, 9.17) is 0 Å². The minimum Gasteiger partial charge on any atom is -0.310 e. The van der Waals surface area contributed by atoms with Crippen molar-refractivity contribution in [2.75, 3.05) is 9.80 Å². The van der Waals surface area contributed by atoms with Gasteiger partial charge in [0, 0.05) is 39.2 Å². The molecule has 0 saturated carbocycles. The van der Waals surface area contributed by atoms with E-state index in [0.29, 0.717) is 11.1 Å². The van der Waals surface area contributed by atoms with Crippen molar-refractivity contribution < 1.29 is 0 Å². The molecule has 10 rings (SSSR count). The summed E-state index contributed by atoms with van der Waals surface area (Å²) in [6.45, 7) is 4.75. The fourth-order valence-electron chi connectivity index (χ4n) is 9.24. The lowest BCUT2D eigenvalue weighted by molar-refractivity contribution is 0.672.